The molecule has 2 aromatic rings. The van der Waals surface area contributed by atoms with Gasteiger partial charge in [-0.25, -0.2) is 4.39 Å². The SMILES string of the molecule is CCOc1ccccc1NC(=O)c1ccc(OC)cc1F. The highest BCUT2D eigenvalue weighted by atomic mass is 19.1. The molecule has 1 N–H and O–H groups in total. The largest absolute Gasteiger partial charge is 0.497 e. The lowest BCUT2D eigenvalue weighted by atomic mass is 10.2. The predicted molar refractivity (Wildman–Crippen MR) is 78.5 cm³/mol. The highest BCUT2D eigenvalue weighted by Crippen LogP contribution is 2.25. The van der Waals surface area contributed by atoms with E-state index >= 15 is 0 Å². The van der Waals surface area contributed by atoms with Crippen molar-refractivity contribution in [3.63, 3.8) is 0 Å². The van der Waals surface area contributed by atoms with Gasteiger partial charge in [0.15, 0.2) is 0 Å². The van der Waals surface area contributed by atoms with Gasteiger partial charge in [-0.2, -0.15) is 0 Å². The van der Waals surface area contributed by atoms with Gasteiger partial charge in [-0.1, -0.05) is 12.1 Å². The Morgan fingerprint density at radius 1 is 1.24 bits per heavy atom. The molecule has 0 aliphatic heterocycles. The van der Waals surface area contributed by atoms with E-state index in [0.717, 1.165) is 0 Å². The zero-order valence-electron chi connectivity index (χ0n) is 11.9. The van der Waals surface area contributed by atoms with Crippen molar-refractivity contribution >= 4 is 11.6 Å². The van der Waals surface area contributed by atoms with E-state index in [1.807, 2.05) is 6.92 Å². The number of para-hydroxylation sites is 2. The third kappa shape index (κ3) is 3.51. The van der Waals surface area contributed by atoms with Gasteiger partial charge in [0.2, 0.25) is 0 Å². The van der Waals surface area contributed by atoms with Gasteiger partial charge in [0, 0.05) is 6.07 Å². The highest BCUT2D eigenvalue weighted by molar-refractivity contribution is 6.05. The summed E-state index contributed by atoms with van der Waals surface area (Å²) in [6, 6.07) is 11.1. The number of methoxy groups -OCH3 is 1. The fourth-order valence-corrected chi connectivity index (χ4v) is 1.85. The number of anilines is 1. The molecule has 110 valence electrons. The Morgan fingerprint density at radius 2 is 2.00 bits per heavy atom. The maximum Gasteiger partial charge on any atom is 0.258 e. The summed E-state index contributed by atoms with van der Waals surface area (Å²) in [5.74, 6) is -0.274. The molecule has 4 nitrogen and oxygen atoms in total. The molecule has 0 bridgehead atoms. The Morgan fingerprint density at radius 3 is 2.67 bits per heavy atom. The van der Waals surface area contributed by atoms with Gasteiger partial charge >= 0.3 is 0 Å². The molecule has 0 aliphatic rings. The summed E-state index contributed by atoms with van der Waals surface area (Å²) in [7, 11) is 1.44. The standard InChI is InChI=1S/C16H16FNO3/c1-3-21-15-7-5-4-6-14(15)18-16(19)12-9-8-11(20-2)10-13(12)17/h4-10H,3H2,1-2H3,(H,18,19). The number of hydrogen-bond donors (Lipinski definition) is 1. The van der Waals surface area contributed by atoms with E-state index < -0.39 is 11.7 Å². The lowest BCUT2D eigenvalue weighted by Gasteiger charge is -2.11. The summed E-state index contributed by atoms with van der Waals surface area (Å²) in [6.45, 7) is 2.32. The number of nitrogens with one attached hydrogen (secondary N) is 1. The molecule has 5 heteroatoms. The number of rotatable bonds is 5. The van der Waals surface area contributed by atoms with Gasteiger partial charge in [0.25, 0.3) is 5.91 Å². The van der Waals surface area contributed by atoms with Crippen molar-refractivity contribution in [2.75, 3.05) is 19.0 Å². The van der Waals surface area contributed by atoms with Crippen molar-refractivity contribution in [3.8, 4) is 11.5 Å². The molecule has 1 amide bonds. The minimum Gasteiger partial charge on any atom is -0.497 e. The lowest BCUT2D eigenvalue weighted by molar-refractivity contribution is 0.102. The zero-order chi connectivity index (χ0) is 15.2. The summed E-state index contributed by atoms with van der Waals surface area (Å²) in [5, 5.41) is 2.65. The molecule has 0 unspecified atom stereocenters. The first-order valence-corrected chi connectivity index (χ1v) is 6.52. The van der Waals surface area contributed by atoms with E-state index in [1.165, 1.54) is 25.3 Å². The Kier molecular flexibility index (Phi) is 4.77. The zero-order valence-corrected chi connectivity index (χ0v) is 11.9. The average molecular weight is 289 g/mol. The number of hydrogen-bond acceptors (Lipinski definition) is 3. The number of ether oxygens (including phenoxy) is 2. The summed E-state index contributed by atoms with van der Waals surface area (Å²) < 4.78 is 24.2. The molecule has 21 heavy (non-hydrogen) atoms. The van der Waals surface area contributed by atoms with Crippen LogP contribution in [0.5, 0.6) is 11.5 Å². The van der Waals surface area contributed by atoms with Gasteiger partial charge in [-0.15, -0.1) is 0 Å². The topological polar surface area (TPSA) is 47.6 Å². The minimum absolute atomic E-state index is 0.0536. The number of carbonyl (C=O) groups is 1. The van der Waals surface area contributed by atoms with Crippen molar-refractivity contribution < 1.29 is 18.7 Å². The first-order chi connectivity index (χ1) is 10.2. The van der Waals surface area contributed by atoms with Crippen LogP contribution in [-0.4, -0.2) is 19.6 Å². The number of benzene rings is 2. The lowest BCUT2D eigenvalue weighted by Crippen LogP contribution is -2.14. The van der Waals surface area contributed by atoms with Crippen LogP contribution in [0.4, 0.5) is 10.1 Å². The van der Waals surface area contributed by atoms with Crippen molar-refractivity contribution in [1.82, 2.24) is 0 Å². The normalized spacial score (nSPS) is 10.0. The summed E-state index contributed by atoms with van der Waals surface area (Å²) in [4.78, 5) is 12.1. The predicted octanol–water partition coefficient (Wildman–Crippen LogP) is 3.49. The first-order valence-electron chi connectivity index (χ1n) is 6.52. The van der Waals surface area contributed by atoms with Gasteiger partial charge in [0.1, 0.15) is 17.3 Å². The van der Waals surface area contributed by atoms with Crippen molar-refractivity contribution in [2.45, 2.75) is 6.92 Å². The fourth-order valence-electron chi connectivity index (χ4n) is 1.85. The molecule has 0 spiro atoms. The third-order valence-electron chi connectivity index (χ3n) is 2.86. The molecular weight excluding hydrogens is 273 g/mol. The second-order valence-electron chi connectivity index (χ2n) is 4.23. The average Bonchev–Trinajstić information content (AvgIpc) is 2.49. The Balaban J connectivity index is 2.22. The Hall–Kier alpha value is -2.56. The van der Waals surface area contributed by atoms with E-state index in [0.29, 0.717) is 23.8 Å². The van der Waals surface area contributed by atoms with Crippen LogP contribution in [0, 0.1) is 5.82 Å². The minimum atomic E-state index is -0.638. The van der Waals surface area contributed by atoms with Crippen LogP contribution in [-0.2, 0) is 0 Å². The molecule has 0 heterocycles. The number of amides is 1. The van der Waals surface area contributed by atoms with Gasteiger partial charge in [-0.05, 0) is 31.2 Å². The van der Waals surface area contributed by atoms with E-state index in [4.69, 9.17) is 9.47 Å². The van der Waals surface area contributed by atoms with E-state index in [1.54, 1.807) is 24.3 Å². The molecule has 0 aliphatic carbocycles. The van der Waals surface area contributed by atoms with Crippen molar-refractivity contribution in [3.05, 3.63) is 53.8 Å². The smallest absolute Gasteiger partial charge is 0.258 e. The molecule has 0 saturated carbocycles. The molecular formula is C16H16FNO3. The van der Waals surface area contributed by atoms with Gasteiger partial charge in [-0.3, -0.25) is 4.79 Å². The Bertz CT molecular complexity index is 643. The van der Waals surface area contributed by atoms with Crippen LogP contribution in [0.1, 0.15) is 17.3 Å². The van der Waals surface area contributed by atoms with E-state index in [2.05, 4.69) is 5.32 Å². The molecule has 0 atom stereocenters. The molecule has 0 fully saturated rings. The molecule has 0 radical (unpaired) electrons. The molecule has 0 saturated heterocycles. The maximum atomic E-state index is 13.9. The summed E-state index contributed by atoms with van der Waals surface area (Å²) >= 11 is 0. The van der Waals surface area contributed by atoms with Crippen molar-refractivity contribution in [1.29, 1.82) is 0 Å². The van der Waals surface area contributed by atoms with E-state index in [9.17, 15) is 9.18 Å². The second kappa shape index (κ2) is 6.74. The number of halogens is 1. The first kappa shape index (κ1) is 14.8. The van der Waals surface area contributed by atoms with Crippen LogP contribution < -0.4 is 14.8 Å². The summed E-state index contributed by atoms with van der Waals surface area (Å²) in [6.07, 6.45) is 0. The molecule has 2 aromatic carbocycles. The van der Waals surface area contributed by atoms with E-state index in [-0.39, 0.29) is 5.56 Å². The van der Waals surface area contributed by atoms with Gasteiger partial charge < -0.3 is 14.8 Å². The van der Waals surface area contributed by atoms with Crippen molar-refractivity contribution in [2.24, 2.45) is 0 Å². The van der Waals surface area contributed by atoms with Gasteiger partial charge in [0.05, 0.1) is 25.0 Å². The summed E-state index contributed by atoms with van der Waals surface area (Å²) in [5.41, 5.74) is 0.446. The third-order valence-corrected chi connectivity index (χ3v) is 2.86. The fraction of sp³-hybridized carbons (Fsp3) is 0.188. The number of carbonyl (C=O) groups excluding carboxylic acids is 1. The second-order valence-corrected chi connectivity index (χ2v) is 4.23. The Labute approximate surface area is 122 Å². The van der Waals surface area contributed by atoms with Crippen LogP contribution in [0.15, 0.2) is 42.5 Å². The molecule has 2 rings (SSSR count). The van der Waals surface area contributed by atoms with Crippen LogP contribution in [0.2, 0.25) is 0 Å². The quantitative estimate of drug-likeness (QED) is 0.916. The molecule has 0 aromatic heterocycles. The highest BCUT2D eigenvalue weighted by Gasteiger charge is 2.14. The monoisotopic (exact) mass is 289 g/mol. The van der Waals surface area contributed by atoms with Crippen LogP contribution in [0.3, 0.4) is 0 Å². The maximum absolute atomic E-state index is 13.9. The van der Waals surface area contributed by atoms with Crippen LogP contribution in [0.25, 0.3) is 0 Å². The van der Waals surface area contributed by atoms with Crippen LogP contribution >= 0.6 is 0 Å².